The summed E-state index contributed by atoms with van der Waals surface area (Å²) < 4.78 is 7.34. The number of hydrogen-bond acceptors (Lipinski definition) is 4. The van der Waals surface area contributed by atoms with E-state index in [9.17, 15) is 0 Å². The number of ether oxygens (including phenoxy) is 1. The molecule has 1 heterocycles. The van der Waals surface area contributed by atoms with Crippen LogP contribution in [0.4, 0.5) is 0 Å². The van der Waals surface area contributed by atoms with Crippen LogP contribution >= 0.6 is 0 Å². The molecule has 0 radical (unpaired) electrons. The quantitative estimate of drug-likeness (QED) is 0.784. The van der Waals surface area contributed by atoms with Crippen LogP contribution in [-0.2, 0) is 20.0 Å². The Morgan fingerprint density at radius 1 is 1.25 bits per heavy atom. The highest BCUT2D eigenvalue weighted by Crippen LogP contribution is 2.13. The van der Waals surface area contributed by atoms with Crippen LogP contribution in [0.1, 0.15) is 25.2 Å². The van der Waals surface area contributed by atoms with Crippen LogP contribution in [0.2, 0.25) is 0 Å². The third-order valence-electron chi connectivity index (χ3n) is 2.80. The van der Waals surface area contributed by atoms with Crippen LogP contribution in [0.15, 0.2) is 30.6 Å². The zero-order valence-corrected chi connectivity index (χ0v) is 12.3. The Morgan fingerprint density at radius 3 is 2.60 bits per heavy atom. The van der Waals surface area contributed by atoms with Gasteiger partial charge in [-0.05, 0) is 31.5 Å². The van der Waals surface area contributed by atoms with Crippen molar-refractivity contribution < 1.29 is 4.74 Å². The molecule has 1 aromatic heterocycles. The molecule has 0 aliphatic carbocycles. The molecule has 5 nitrogen and oxygen atoms in total. The molecular formula is C15H22N4O. The van der Waals surface area contributed by atoms with Crippen molar-refractivity contribution in [2.45, 2.75) is 32.9 Å². The maximum Gasteiger partial charge on any atom is 0.151 e. The summed E-state index contributed by atoms with van der Waals surface area (Å²) in [6.07, 6.45) is 2.78. The van der Waals surface area contributed by atoms with Crippen LogP contribution in [0.5, 0.6) is 5.75 Å². The number of nitrogens with one attached hydrogen (secondary N) is 1. The molecule has 0 atom stereocenters. The minimum absolute atomic E-state index is 0.213. The smallest absolute Gasteiger partial charge is 0.151 e. The fourth-order valence-electron chi connectivity index (χ4n) is 1.89. The van der Waals surface area contributed by atoms with Crippen molar-refractivity contribution in [3.63, 3.8) is 0 Å². The first-order valence-electron chi connectivity index (χ1n) is 6.94. The highest BCUT2D eigenvalue weighted by atomic mass is 16.5. The number of nitrogens with zero attached hydrogens (tertiary/aromatic N) is 3. The Labute approximate surface area is 120 Å². The normalized spacial score (nSPS) is 11.0. The maximum atomic E-state index is 5.62. The Morgan fingerprint density at radius 2 is 2.00 bits per heavy atom. The molecule has 0 amide bonds. The van der Waals surface area contributed by atoms with Crippen LogP contribution in [-0.4, -0.2) is 27.4 Å². The largest absolute Gasteiger partial charge is 0.491 e. The number of hydrogen-bond donors (Lipinski definition) is 1. The minimum atomic E-state index is 0.213. The highest BCUT2D eigenvalue weighted by molar-refractivity contribution is 5.27. The maximum absolute atomic E-state index is 5.62. The summed E-state index contributed by atoms with van der Waals surface area (Å²) in [5.41, 5.74) is 1.25. The second-order valence-electron chi connectivity index (χ2n) is 5.07. The van der Waals surface area contributed by atoms with Crippen LogP contribution in [0, 0.1) is 0 Å². The van der Waals surface area contributed by atoms with Gasteiger partial charge in [-0.3, -0.25) is 4.68 Å². The van der Waals surface area contributed by atoms with Crippen LogP contribution in [0.3, 0.4) is 0 Å². The lowest BCUT2D eigenvalue weighted by molar-refractivity contribution is 0.242. The van der Waals surface area contributed by atoms with Gasteiger partial charge >= 0.3 is 0 Å². The molecule has 0 bridgehead atoms. The van der Waals surface area contributed by atoms with Gasteiger partial charge < -0.3 is 10.1 Å². The van der Waals surface area contributed by atoms with E-state index in [4.69, 9.17) is 4.74 Å². The van der Waals surface area contributed by atoms with E-state index in [0.29, 0.717) is 0 Å². The van der Waals surface area contributed by atoms with Gasteiger partial charge in [0.15, 0.2) is 5.82 Å². The zero-order valence-electron chi connectivity index (χ0n) is 12.3. The summed E-state index contributed by atoms with van der Waals surface area (Å²) in [5, 5.41) is 7.63. The second kappa shape index (κ2) is 7.05. The van der Waals surface area contributed by atoms with E-state index in [2.05, 4.69) is 27.5 Å². The lowest BCUT2D eigenvalue weighted by atomic mass is 10.2. The Bertz CT molecular complexity index is 519. The highest BCUT2D eigenvalue weighted by Gasteiger charge is 2.00. The molecule has 0 saturated heterocycles. The number of rotatable bonds is 7. The van der Waals surface area contributed by atoms with Gasteiger partial charge in [0.2, 0.25) is 0 Å². The van der Waals surface area contributed by atoms with Crippen LogP contribution < -0.4 is 10.1 Å². The summed E-state index contributed by atoms with van der Waals surface area (Å²) in [6.45, 7) is 5.77. The summed E-state index contributed by atoms with van der Waals surface area (Å²) in [4.78, 5) is 4.19. The van der Waals surface area contributed by atoms with Crippen molar-refractivity contribution in [3.8, 4) is 5.75 Å². The molecule has 1 aromatic carbocycles. The Hall–Kier alpha value is -1.88. The molecule has 0 aliphatic heterocycles. The number of benzene rings is 1. The van der Waals surface area contributed by atoms with Crippen molar-refractivity contribution in [3.05, 3.63) is 42.0 Å². The SMILES string of the molecule is CC(C)Oc1ccc(CNCCc2ncn(C)n2)cc1. The third kappa shape index (κ3) is 4.66. The third-order valence-corrected chi connectivity index (χ3v) is 2.80. The molecule has 1 N–H and O–H groups in total. The monoisotopic (exact) mass is 274 g/mol. The van der Waals surface area contributed by atoms with Crippen molar-refractivity contribution >= 4 is 0 Å². The molecular weight excluding hydrogens is 252 g/mol. The first-order valence-corrected chi connectivity index (χ1v) is 6.94. The molecule has 0 fully saturated rings. The van der Waals surface area contributed by atoms with E-state index in [1.54, 1.807) is 11.0 Å². The fourth-order valence-corrected chi connectivity index (χ4v) is 1.89. The first kappa shape index (κ1) is 14.5. The average Bonchev–Trinajstić information content (AvgIpc) is 2.82. The summed E-state index contributed by atoms with van der Waals surface area (Å²) in [5.74, 6) is 1.79. The summed E-state index contributed by atoms with van der Waals surface area (Å²) in [6, 6.07) is 8.20. The lowest BCUT2D eigenvalue weighted by Gasteiger charge is -2.10. The van der Waals surface area contributed by atoms with E-state index in [1.807, 2.05) is 33.0 Å². The number of aromatic nitrogens is 3. The molecule has 0 aliphatic rings. The number of aryl methyl sites for hydroxylation is 1. The van der Waals surface area contributed by atoms with Crippen molar-refractivity contribution in [1.82, 2.24) is 20.1 Å². The molecule has 20 heavy (non-hydrogen) atoms. The van der Waals surface area contributed by atoms with E-state index in [-0.39, 0.29) is 6.10 Å². The van der Waals surface area contributed by atoms with Gasteiger partial charge in [-0.1, -0.05) is 12.1 Å². The predicted molar refractivity (Wildman–Crippen MR) is 78.6 cm³/mol. The van der Waals surface area contributed by atoms with Gasteiger partial charge in [0.25, 0.3) is 0 Å². The summed E-state index contributed by atoms with van der Waals surface area (Å²) >= 11 is 0. The van der Waals surface area contributed by atoms with Gasteiger partial charge in [-0.15, -0.1) is 0 Å². The molecule has 5 heteroatoms. The second-order valence-corrected chi connectivity index (χ2v) is 5.07. The lowest BCUT2D eigenvalue weighted by Crippen LogP contribution is -2.17. The Balaban J connectivity index is 1.71. The van der Waals surface area contributed by atoms with Crippen molar-refractivity contribution in [2.75, 3.05) is 6.54 Å². The molecule has 0 spiro atoms. The van der Waals surface area contributed by atoms with Gasteiger partial charge in [-0.25, -0.2) is 4.98 Å². The molecule has 2 aromatic rings. The Kier molecular flexibility index (Phi) is 5.12. The molecule has 0 unspecified atom stereocenters. The van der Waals surface area contributed by atoms with Gasteiger partial charge in [0, 0.05) is 26.6 Å². The average molecular weight is 274 g/mol. The van der Waals surface area contributed by atoms with Gasteiger partial charge in [0.05, 0.1) is 6.10 Å². The first-order chi connectivity index (χ1) is 9.63. The van der Waals surface area contributed by atoms with E-state index in [1.165, 1.54) is 5.56 Å². The minimum Gasteiger partial charge on any atom is -0.491 e. The predicted octanol–water partition coefficient (Wildman–Crippen LogP) is 1.93. The van der Waals surface area contributed by atoms with Gasteiger partial charge in [0.1, 0.15) is 12.1 Å². The standard InChI is InChI=1S/C15H22N4O/c1-12(2)20-14-6-4-13(5-7-14)10-16-9-8-15-17-11-19(3)18-15/h4-7,11-12,16H,8-10H2,1-3H3. The molecule has 2 rings (SSSR count). The molecule has 108 valence electrons. The van der Waals surface area contributed by atoms with E-state index >= 15 is 0 Å². The zero-order chi connectivity index (χ0) is 14.4. The van der Waals surface area contributed by atoms with E-state index in [0.717, 1.165) is 31.1 Å². The van der Waals surface area contributed by atoms with Crippen molar-refractivity contribution in [2.24, 2.45) is 7.05 Å². The topological polar surface area (TPSA) is 52.0 Å². The van der Waals surface area contributed by atoms with E-state index < -0.39 is 0 Å². The van der Waals surface area contributed by atoms with Crippen molar-refractivity contribution in [1.29, 1.82) is 0 Å². The fraction of sp³-hybridized carbons (Fsp3) is 0.467. The van der Waals surface area contributed by atoms with Gasteiger partial charge in [-0.2, -0.15) is 5.10 Å². The van der Waals surface area contributed by atoms with Crippen LogP contribution in [0.25, 0.3) is 0 Å². The summed E-state index contributed by atoms with van der Waals surface area (Å²) in [7, 11) is 1.88. The molecule has 0 saturated carbocycles.